The van der Waals surface area contributed by atoms with Gasteiger partial charge >= 0.3 is 0 Å². The molecule has 0 aromatic carbocycles. The van der Waals surface area contributed by atoms with E-state index >= 15 is 0 Å². The fourth-order valence-corrected chi connectivity index (χ4v) is 9.30. The van der Waals surface area contributed by atoms with Crippen molar-refractivity contribution in [1.82, 2.24) is 5.32 Å². The lowest BCUT2D eigenvalue weighted by Crippen LogP contribution is -2.60. The van der Waals surface area contributed by atoms with E-state index < -0.39 is 74.2 Å². The number of hydrogen-bond donors (Lipinski definition) is 8. The molecule has 8 N–H and O–H groups in total. The summed E-state index contributed by atoms with van der Waals surface area (Å²) in [5, 5.41) is 76.1. The normalized spacial score (nSPS) is 20.6. The molecule has 9 atom stereocenters. The molecule has 0 spiro atoms. The number of allylic oxidation sites excluding steroid dienone is 4. The third-order valence-electron chi connectivity index (χ3n) is 14.0. The number of hydrogen-bond acceptors (Lipinski definition) is 10. The Labute approximate surface area is 416 Å². The summed E-state index contributed by atoms with van der Waals surface area (Å²) in [6.45, 7) is 3.45. The van der Waals surface area contributed by atoms with Crippen LogP contribution >= 0.6 is 0 Å². The van der Waals surface area contributed by atoms with Crippen LogP contribution in [-0.2, 0) is 14.3 Å². The summed E-state index contributed by atoms with van der Waals surface area (Å²) in [4.78, 5) is 13.2. The summed E-state index contributed by atoms with van der Waals surface area (Å²) in [6.07, 6.45) is 43.7. The van der Waals surface area contributed by atoms with Crippen LogP contribution in [0.3, 0.4) is 0 Å². The lowest BCUT2D eigenvalue weighted by Gasteiger charge is -2.40. The van der Waals surface area contributed by atoms with E-state index in [2.05, 4.69) is 43.5 Å². The van der Waals surface area contributed by atoms with E-state index in [9.17, 15) is 40.5 Å². The van der Waals surface area contributed by atoms with Gasteiger partial charge in [0.15, 0.2) is 6.29 Å². The second kappa shape index (κ2) is 46.6. The van der Waals surface area contributed by atoms with Gasteiger partial charge in [0.05, 0.1) is 25.4 Å². The molecule has 0 aromatic rings. The van der Waals surface area contributed by atoms with E-state index in [1.807, 2.05) is 0 Å². The summed E-state index contributed by atoms with van der Waals surface area (Å²) in [6, 6.07) is -1.17. The van der Waals surface area contributed by atoms with Crippen LogP contribution in [0.15, 0.2) is 24.3 Å². The Balaban J connectivity index is 2.30. The van der Waals surface area contributed by atoms with Crippen LogP contribution in [0.4, 0.5) is 0 Å². The van der Waals surface area contributed by atoms with Crippen molar-refractivity contribution in [1.29, 1.82) is 0 Å². The summed E-state index contributed by atoms with van der Waals surface area (Å²) in [5.41, 5.74) is 0. The molecular weight excluding hydrogens is 859 g/mol. The zero-order valence-electron chi connectivity index (χ0n) is 43.9. The smallest absolute Gasteiger partial charge is 0.249 e. The largest absolute Gasteiger partial charge is 0.394 e. The molecule has 1 saturated heterocycles. The number of nitrogens with one attached hydrogen (secondary N) is 1. The van der Waals surface area contributed by atoms with Crippen molar-refractivity contribution in [2.45, 2.75) is 319 Å². The van der Waals surface area contributed by atoms with Gasteiger partial charge in [-0.2, -0.15) is 0 Å². The van der Waals surface area contributed by atoms with Crippen LogP contribution < -0.4 is 5.32 Å². The molecule has 1 rings (SSSR count). The predicted octanol–water partition coefficient (Wildman–Crippen LogP) is 11.7. The summed E-state index contributed by atoms with van der Waals surface area (Å²) in [5.74, 6) is -0.703. The number of carbonyl (C=O) groups excluding carboxylic acids is 1. The SMILES string of the molecule is CCCCC/C=C\C/C=C\CCCCCCCCC(O)C(=O)NC(COC1OC(CO)C(O)C(O)C1O)C(O)C(O)CCCCCCCCCCCCCCCCCCCCCCCCCCC. The molecule has 0 aliphatic carbocycles. The monoisotopic (exact) mass is 968 g/mol. The first kappa shape index (κ1) is 64.6. The van der Waals surface area contributed by atoms with Crippen LogP contribution in [0.5, 0.6) is 0 Å². The molecule has 0 saturated carbocycles. The standard InChI is InChI=1S/C57H109NO10/c1-3-5-7-9-11-13-15-17-19-21-22-23-24-25-26-27-28-29-31-32-34-36-38-40-42-44-49(60)52(62)48(47-67-57-55(65)54(64)53(63)51(46-59)68-57)58-56(66)50(61)45-43-41-39-37-35-33-30-20-18-16-14-12-10-8-6-4-2/h12,14,18,20,48-55,57,59-65H,3-11,13,15-17,19,21-47H2,1-2H3,(H,58,66)/b14-12-,20-18-. The summed E-state index contributed by atoms with van der Waals surface area (Å²) >= 11 is 0. The predicted molar refractivity (Wildman–Crippen MR) is 279 cm³/mol. The Morgan fingerprint density at radius 3 is 1.34 bits per heavy atom. The fraction of sp³-hybridized carbons (Fsp3) is 0.912. The molecule has 402 valence electrons. The van der Waals surface area contributed by atoms with Crippen molar-refractivity contribution in [2.24, 2.45) is 0 Å². The molecule has 1 amide bonds. The summed E-state index contributed by atoms with van der Waals surface area (Å²) in [7, 11) is 0. The Kier molecular flexibility index (Phi) is 44.3. The Hall–Kier alpha value is -1.41. The number of amides is 1. The maximum Gasteiger partial charge on any atom is 0.249 e. The van der Waals surface area contributed by atoms with Crippen LogP contribution in [0, 0.1) is 0 Å². The van der Waals surface area contributed by atoms with Crippen LogP contribution in [-0.4, -0.2) is 110 Å². The quantitative estimate of drug-likeness (QED) is 0.0215. The maximum atomic E-state index is 13.2. The van der Waals surface area contributed by atoms with Gasteiger partial charge in [0.25, 0.3) is 0 Å². The summed E-state index contributed by atoms with van der Waals surface area (Å²) < 4.78 is 11.1. The lowest BCUT2D eigenvalue weighted by atomic mass is 9.98. The van der Waals surface area contributed by atoms with E-state index in [4.69, 9.17) is 9.47 Å². The average molecular weight is 968 g/mol. The molecule has 1 aliphatic heterocycles. The van der Waals surface area contributed by atoms with Crippen molar-refractivity contribution in [2.75, 3.05) is 13.2 Å². The third-order valence-corrected chi connectivity index (χ3v) is 14.0. The fourth-order valence-electron chi connectivity index (χ4n) is 9.30. The lowest BCUT2D eigenvalue weighted by molar-refractivity contribution is -0.303. The number of carbonyl (C=O) groups is 1. The topological polar surface area (TPSA) is 189 Å². The van der Waals surface area contributed by atoms with Gasteiger partial charge in [-0.1, -0.05) is 244 Å². The van der Waals surface area contributed by atoms with Gasteiger partial charge < -0.3 is 50.5 Å². The highest BCUT2D eigenvalue weighted by atomic mass is 16.7. The Bertz CT molecular complexity index is 1160. The van der Waals surface area contributed by atoms with Crippen LogP contribution in [0.1, 0.15) is 264 Å². The van der Waals surface area contributed by atoms with Crippen molar-refractivity contribution in [3.05, 3.63) is 24.3 Å². The molecular formula is C57H109NO10. The number of unbranched alkanes of at least 4 members (excludes halogenated alkanes) is 33. The maximum absolute atomic E-state index is 13.2. The minimum absolute atomic E-state index is 0.249. The van der Waals surface area contributed by atoms with E-state index in [1.54, 1.807) is 0 Å². The molecule has 9 unspecified atom stereocenters. The molecule has 11 nitrogen and oxygen atoms in total. The minimum Gasteiger partial charge on any atom is -0.394 e. The van der Waals surface area contributed by atoms with Gasteiger partial charge in [0.2, 0.25) is 5.91 Å². The number of ether oxygens (including phenoxy) is 2. The highest BCUT2D eigenvalue weighted by molar-refractivity contribution is 5.80. The van der Waals surface area contributed by atoms with Gasteiger partial charge in [-0.05, 0) is 44.9 Å². The van der Waals surface area contributed by atoms with Crippen molar-refractivity contribution >= 4 is 5.91 Å². The third kappa shape index (κ3) is 34.8. The van der Waals surface area contributed by atoms with Crippen LogP contribution in [0.25, 0.3) is 0 Å². The second-order valence-corrected chi connectivity index (χ2v) is 20.4. The molecule has 0 bridgehead atoms. The highest BCUT2D eigenvalue weighted by Crippen LogP contribution is 2.23. The molecule has 1 fully saturated rings. The van der Waals surface area contributed by atoms with E-state index in [0.29, 0.717) is 19.3 Å². The van der Waals surface area contributed by atoms with E-state index in [-0.39, 0.29) is 6.42 Å². The molecule has 11 heteroatoms. The zero-order valence-corrected chi connectivity index (χ0v) is 43.9. The molecule has 0 aromatic heterocycles. The number of aliphatic hydroxyl groups is 7. The van der Waals surface area contributed by atoms with Gasteiger partial charge in [0.1, 0.15) is 36.6 Å². The zero-order chi connectivity index (χ0) is 49.7. The Morgan fingerprint density at radius 1 is 0.515 bits per heavy atom. The molecule has 0 radical (unpaired) electrons. The average Bonchev–Trinajstić information content (AvgIpc) is 3.34. The van der Waals surface area contributed by atoms with Crippen LogP contribution in [0.2, 0.25) is 0 Å². The van der Waals surface area contributed by atoms with Crippen molar-refractivity contribution < 1.29 is 50.0 Å². The number of aliphatic hydroxyl groups excluding tert-OH is 7. The van der Waals surface area contributed by atoms with Crippen molar-refractivity contribution in [3.63, 3.8) is 0 Å². The van der Waals surface area contributed by atoms with E-state index in [1.165, 1.54) is 161 Å². The first-order valence-corrected chi connectivity index (χ1v) is 28.7. The van der Waals surface area contributed by atoms with Crippen molar-refractivity contribution in [3.8, 4) is 0 Å². The van der Waals surface area contributed by atoms with E-state index in [0.717, 1.165) is 64.2 Å². The van der Waals surface area contributed by atoms with Gasteiger partial charge in [-0.3, -0.25) is 4.79 Å². The second-order valence-electron chi connectivity index (χ2n) is 20.4. The number of rotatable bonds is 49. The van der Waals surface area contributed by atoms with Gasteiger partial charge in [-0.15, -0.1) is 0 Å². The molecule has 1 heterocycles. The Morgan fingerprint density at radius 2 is 0.897 bits per heavy atom. The first-order valence-electron chi connectivity index (χ1n) is 28.7. The first-order chi connectivity index (χ1) is 33.2. The highest BCUT2D eigenvalue weighted by Gasteiger charge is 2.44. The molecule has 1 aliphatic rings. The molecule has 68 heavy (non-hydrogen) atoms. The minimum atomic E-state index is -1.66. The van der Waals surface area contributed by atoms with Gasteiger partial charge in [0, 0.05) is 0 Å². The van der Waals surface area contributed by atoms with Gasteiger partial charge in [-0.25, -0.2) is 0 Å².